The average molecular weight is 280 g/mol. The fraction of sp³-hybridized carbons (Fsp3) is 0.500. The van der Waals surface area contributed by atoms with Gasteiger partial charge in [-0.25, -0.2) is 4.39 Å². The van der Waals surface area contributed by atoms with E-state index in [0.29, 0.717) is 19.0 Å². The predicted octanol–water partition coefficient (Wildman–Crippen LogP) is 3.00. The van der Waals surface area contributed by atoms with Crippen molar-refractivity contribution in [2.45, 2.75) is 26.2 Å². The fourth-order valence-electron chi connectivity index (χ4n) is 2.62. The number of halogens is 1. The molecule has 108 valence electrons. The molecule has 1 aromatic carbocycles. The van der Waals surface area contributed by atoms with Crippen molar-refractivity contribution in [1.82, 2.24) is 4.90 Å². The first-order chi connectivity index (χ1) is 9.52. The molecule has 0 aromatic heterocycles. The second kappa shape index (κ2) is 5.98. The Bertz CT molecular complexity index is 533. The smallest absolute Gasteiger partial charge is 0.270 e. The van der Waals surface area contributed by atoms with E-state index in [4.69, 9.17) is 0 Å². The van der Waals surface area contributed by atoms with E-state index in [2.05, 4.69) is 6.92 Å². The summed E-state index contributed by atoms with van der Waals surface area (Å²) in [5.74, 6) is -0.713. The van der Waals surface area contributed by atoms with Crippen LogP contribution in [0, 0.1) is 21.8 Å². The van der Waals surface area contributed by atoms with E-state index in [-0.39, 0.29) is 11.3 Å². The van der Waals surface area contributed by atoms with Gasteiger partial charge in [-0.1, -0.05) is 13.3 Å². The Hall–Kier alpha value is -1.98. The quantitative estimate of drug-likeness (QED) is 0.629. The maximum Gasteiger partial charge on any atom is 0.270 e. The third-order valence-electron chi connectivity index (χ3n) is 3.66. The molecule has 1 aliphatic heterocycles. The first-order valence-corrected chi connectivity index (χ1v) is 6.76. The van der Waals surface area contributed by atoms with Crippen LogP contribution in [-0.4, -0.2) is 28.8 Å². The van der Waals surface area contributed by atoms with Crippen molar-refractivity contribution in [2.24, 2.45) is 5.92 Å². The molecule has 6 heteroatoms. The lowest BCUT2D eigenvalue weighted by Gasteiger charge is -2.16. The number of carbonyl (C=O) groups is 1. The molecule has 5 nitrogen and oxygen atoms in total. The lowest BCUT2D eigenvalue weighted by Crippen LogP contribution is -2.29. The molecule has 0 bridgehead atoms. The van der Waals surface area contributed by atoms with Crippen LogP contribution in [0.15, 0.2) is 18.2 Å². The molecule has 0 radical (unpaired) electrons. The summed E-state index contributed by atoms with van der Waals surface area (Å²) in [5.41, 5.74) is -0.476. The van der Waals surface area contributed by atoms with Crippen LogP contribution in [0.4, 0.5) is 10.1 Å². The minimum absolute atomic E-state index is 0.212. The van der Waals surface area contributed by atoms with Gasteiger partial charge in [-0.3, -0.25) is 14.9 Å². The van der Waals surface area contributed by atoms with Gasteiger partial charge in [0.2, 0.25) is 0 Å². The number of amides is 1. The van der Waals surface area contributed by atoms with Gasteiger partial charge in [-0.2, -0.15) is 0 Å². The van der Waals surface area contributed by atoms with Crippen LogP contribution in [-0.2, 0) is 0 Å². The highest BCUT2D eigenvalue weighted by molar-refractivity contribution is 5.95. The largest absolute Gasteiger partial charge is 0.338 e. The molecule has 2 rings (SSSR count). The van der Waals surface area contributed by atoms with Gasteiger partial charge in [0.15, 0.2) is 0 Å². The number of hydrogen-bond acceptors (Lipinski definition) is 3. The molecule has 1 amide bonds. The number of likely N-dealkylation sites (tertiary alicyclic amines) is 1. The summed E-state index contributed by atoms with van der Waals surface area (Å²) in [5, 5.41) is 10.7. The van der Waals surface area contributed by atoms with E-state index in [9.17, 15) is 19.3 Å². The molecular weight excluding hydrogens is 263 g/mol. The van der Waals surface area contributed by atoms with Gasteiger partial charge in [-0.05, 0) is 24.8 Å². The Kier molecular flexibility index (Phi) is 4.32. The zero-order chi connectivity index (χ0) is 14.7. The van der Waals surface area contributed by atoms with Gasteiger partial charge >= 0.3 is 0 Å². The minimum Gasteiger partial charge on any atom is -0.338 e. The van der Waals surface area contributed by atoms with Gasteiger partial charge in [-0.15, -0.1) is 0 Å². The molecular formula is C14H17FN2O3. The van der Waals surface area contributed by atoms with Crippen molar-refractivity contribution in [3.63, 3.8) is 0 Å². The summed E-state index contributed by atoms with van der Waals surface area (Å²) in [6.45, 7) is 3.28. The van der Waals surface area contributed by atoms with Crippen LogP contribution in [0.2, 0.25) is 0 Å². The van der Waals surface area contributed by atoms with Crippen LogP contribution >= 0.6 is 0 Å². The van der Waals surface area contributed by atoms with Gasteiger partial charge in [0, 0.05) is 25.2 Å². The molecule has 1 aromatic rings. The highest BCUT2D eigenvalue weighted by atomic mass is 19.1. The number of carbonyl (C=O) groups excluding carboxylic acids is 1. The number of nitrogens with zero attached hydrogens (tertiary/aromatic N) is 2. The second-order valence-electron chi connectivity index (χ2n) is 5.12. The third kappa shape index (κ3) is 2.95. The van der Waals surface area contributed by atoms with E-state index >= 15 is 0 Å². The van der Waals surface area contributed by atoms with Crippen LogP contribution in [0.3, 0.4) is 0 Å². The van der Waals surface area contributed by atoms with Gasteiger partial charge in [0.1, 0.15) is 5.82 Å². The number of nitro groups is 1. The molecule has 1 atom stereocenters. The van der Waals surface area contributed by atoms with Crippen LogP contribution in [0.25, 0.3) is 0 Å². The zero-order valence-electron chi connectivity index (χ0n) is 11.3. The van der Waals surface area contributed by atoms with Crippen molar-refractivity contribution in [3.05, 3.63) is 39.7 Å². The summed E-state index contributed by atoms with van der Waals surface area (Å²) < 4.78 is 13.7. The first kappa shape index (κ1) is 14.4. The Morgan fingerprint density at radius 3 is 2.95 bits per heavy atom. The summed E-state index contributed by atoms with van der Waals surface area (Å²) in [6.07, 6.45) is 3.01. The Balaban J connectivity index is 2.17. The number of benzene rings is 1. The minimum atomic E-state index is -0.709. The first-order valence-electron chi connectivity index (χ1n) is 6.76. The monoisotopic (exact) mass is 280 g/mol. The standard InChI is InChI=1S/C14H17FN2O3/c1-2-3-10-6-7-16(9-10)14(18)12-8-11(17(19)20)4-5-13(12)15/h4-5,8,10H,2-3,6-7,9H2,1H3. The number of non-ortho nitro benzene ring substituents is 1. The number of hydrogen-bond donors (Lipinski definition) is 0. The molecule has 1 unspecified atom stereocenters. The van der Waals surface area contributed by atoms with E-state index < -0.39 is 16.6 Å². The topological polar surface area (TPSA) is 63.5 Å². The molecule has 1 fully saturated rings. The van der Waals surface area contributed by atoms with E-state index in [1.54, 1.807) is 4.90 Å². The SMILES string of the molecule is CCCC1CCN(C(=O)c2cc([N+](=O)[O-])ccc2F)C1. The lowest BCUT2D eigenvalue weighted by molar-refractivity contribution is -0.384. The van der Waals surface area contributed by atoms with Crippen molar-refractivity contribution < 1.29 is 14.1 Å². The molecule has 1 heterocycles. The Labute approximate surface area is 116 Å². The molecule has 0 aliphatic carbocycles. The number of rotatable bonds is 4. The van der Waals surface area contributed by atoms with E-state index in [1.807, 2.05) is 0 Å². The maximum absolute atomic E-state index is 13.7. The lowest BCUT2D eigenvalue weighted by atomic mass is 10.0. The van der Waals surface area contributed by atoms with Gasteiger partial charge in [0.25, 0.3) is 11.6 Å². The molecule has 1 aliphatic rings. The predicted molar refractivity (Wildman–Crippen MR) is 72.0 cm³/mol. The fourth-order valence-corrected chi connectivity index (χ4v) is 2.62. The number of nitro benzene ring substituents is 1. The summed E-state index contributed by atoms with van der Waals surface area (Å²) in [6, 6.07) is 3.06. The van der Waals surface area contributed by atoms with Crippen molar-refractivity contribution in [1.29, 1.82) is 0 Å². The zero-order valence-corrected chi connectivity index (χ0v) is 11.3. The van der Waals surface area contributed by atoms with E-state index in [0.717, 1.165) is 37.5 Å². The highest BCUT2D eigenvalue weighted by Crippen LogP contribution is 2.24. The third-order valence-corrected chi connectivity index (χ3v) is 3.66. The Morgan fingerprint density at radius 1 is 1.55 bits per heavy atom. The van der Waals surface area contributed by atoms with E-state index in [1.165, 1.54) is 0 Å². The van der Waals surface area contributed by atoms with Gasteiger partial charge < -0.3 is 4.90 Å². The normalized spacial score (nSPS) is 18.3. The molecule has 0 spiro atoms. The summed E-state index contributed by atoms with van der Waals surface area (Å²) >= 11 is 0. The van der Waals surface area contributed by atoms with Crippen LogP contribution in [0.1, 0.15) is 36.5 Å². The Morgan fingerprint density at radius 2 is 2.30 bits per heavy atom. The van der Waals surface area contributed by atoms with Crippen molar-refractivity contribution in [2.75, 3.05) is 13.1 Å². The van der Waals surface area contributed by atoms with Crippen LogP contribution < -0.4 is 0 Å². The average Bonchev–Trinajstić information content (AvgIpc) is 2.87. The molecule has 1 saturated heterocycles. The summed E-state index contributed by atoms with van der Waals surface area (Å²) in [4.78, 5) is 23.9. The summed E-state index contributed by atoms with van der Waals surface area (Å²) in [7, 11) is 0. The van der Waals surface area contributed by atoms with Crippen LogP contribution in [0.5, 0.6) is 0 Å². The maximum atomic E-state index is 13.7. The van der Waals surface area contributed by atoms with Crippen molar-refractivity contribution >= 4 is 11.6 Å². The molecule has 0 N–H and O–H groups in total. The van der Waals surface area contributed by atoms with Gasteiger partial charge in [0.05, 0.1) is 10.5 Å². The van der Waals surface area contributed by atoms with Crippen molar-refractivity contribution in [3.8, 4) is 0 Å². The second-order valence-corrected chi connectivity index (χ2v) is 5.12. The molecule has 20 heavy (non-hydrogen) atoms. The highest BCUT2D eigenvalue weighted by Gasteiger charge is 2.28. The molecule has 0 saturated carbocycles.